The highest BCUT2D eigenvalue weighted by atomic mass is 16.5. The number of allylic oxidation sites excluding steroid dienone is 1. The van der Waals surface area contributed by atoms with Gasteiger partial charge in [0.1, 0.15) is 12.4 Å². The van der Waals surface area contributed by atoms with Crippen LogP contribution in [0.5, 0.6) is 11.5 Å². The van der Waals surface area contributed by atoms with Crippen molar-refractivity contribution in [3.8, 4) is 11.5 Å². The molecule has 1 aromatic heterocycles. The first-order chi connectivity index (χ1) is 11.2. The third kappa shape index (κ3) is 3.37. The average Bonchev–Trinajstić information content (AvgIpc) is 2.95. The second kappa shape index (κ2) is 6.57. The van der Waals surface area contributed by atoms with E-state index in [1.807, 2.05) is 43.3 Å². The van der Waals surface area contributed by atoms with Crippen LogP contribution in [0.2, 0.25) is 0 Å². The predicted molar refractivity (Wildman–Crippen MR) is 92.9 cm³/mol. The summed E-state index contributed by atoms with van der Waals surface area (Å²) in [5.74, 6) is 2.22. The van der Waals surface area contributed by atoms with Crippen LogP contribution in [0.1, 0.15) is 23.9 Å². The van der Waals surface area contributed by atoms with E-state index in [2.05, 4.69) is 29.0 Å². The van der Waals surface area contributed by atoms with Crippen molar-refractivity contribution in [1.82, 2.24) is 9.97 Å². The minimum Gasteiger partial charge on any atom is -0.493 e. The van der Waals surface area contributed by atoms with E-state index in [0.717, 1.165) is 22.4 Å². The zero-order valence-corrected chi connectivity index (χ0v) is 13.6. The van der Waals surface area contributed by atoms with Gasteiger partial charge < -0.3 is 14.5 Å². The second-order valence-electron chi connectivity index (χ2n) is 5.40. The van der Waals surface area contributed by atoms with Gasteiger partial charge in [-0.15, -0.1) is 0 Å². The largest absolute Gasteiger partial charge is 0.493 e. The lowest BCUT2D eigenvalue weighted by atomic mass is 10.2. The Labute approximate surface area is 135 Å². The minimum atomic E-state index is 0.368. The number of nitrogens with zero attached hydrogens (tertiary/aromatic N) is 1. The fourth-order valence-corrected chi connectivity index (χ4v) is 2.49. The molecular formula is C19H20N2O2. The molecule has 118 valence electrons. The van der Waals surface area contributed by atoms with Crippen LogP contribution >= 0.6 is 0 Å². The van der Waals surface area contributed by atoms with Crippen molar-refractivity contribution >= 4 is 17.1 Å². The van der Waals surface area contributed by atoms with Crippen molar-refractivity contribution in [2.24, 2.45) is 0 Å². The predicted octanol–water partition coefficient (Wildman–Crippen LogP) is 4.49. The van der Waals surface area contributed by atoms with Gasteiger partial charge in [0.15, 0.2) is 11.5 Å². The van der Waals surface area contributed by atoms with Gasteiger partial charge in [-0.2, -0.15) is 0 Å². The molecule has 23 heavy (non-hydrogen) atoms. The van der Waals surface area contributed by atoms with Gasteiger partial charge in [0, 0.05) is 0 Å². The molecule has 4 heteroatoms. The summed E-state index contributed by atoms with van der Waals surface area (Å²) in [4.78, 5) is 7.83. The monoisotopic (exact) mass is 308 g/mol. The van der Waals surface area contributed by atoms with Gasteiger partial charge in [-0.3, -0.25) is 0 Å². The molecule has 0 amide bonds. The summed E-state index contributed by atoms with van der Waals surface area (Å²) in [6.07, 6.45) is 4.01. The Morgan fingerprint density at radius 3 is 2.78 bits per heavy atom. The van der Waals surface area contributed by atoms with Gasteiger partial charge in [-0.25, -0.2) is 4.98 Å². The number of H-pyrrole nitrogens is 1. The zero-order chi connectivity index (χ0) is 16.2. The minimum absolute atomic E-state index is 0.368. The van der Waals surface area contributed by atoms with Crippen LogP contribution < -0.4 is 9.47 Å². The summed E-state index contributed by atoms with van der Waals surface area (Å²) in [7, 11) is 1.64. The Hall–Kier alpha value is -2.75. The summed E-state index contributed by atoms with van der Waals surface area (Å²) < 4.78 is 11.3. The van der Waals surface area contributed by atoms with Crippen molar-refractivity contribution < 1.29 is 9.47 Å². The number of ether oxygens (including phenoxy) is 2. The number of rotatable bonds is 5. The Balaban J connectivity index is 1.78. The number of hydrogen-bond acceptors (Lipinski definition) is 3. The molecule has 0 aliphatic heterocycles. The van der Waals surface area contributed by atoms with E-state index in [0.29, 0.717) is 18.1 Å². The van der Waals surface area contributed by atoms with Crippen molar-refractivity contribution in [3.63, 3.8) is 0 Å². The summed E-state index contributed by atoms with van der Waals surface area (Å²) in [5.41, 5.74) is 4.26. The molecule has 2 aromatic carbocycles. The van der Waals surface area contributed by atoms with E-state index in [4.69, 9.17) is 9.47 Å². The molecular weight excluding hydrogens is 288 g/mol. The quantitative estimate of drug-likeness (QED) is 0.755. The molecule has 0 bridgehead atoms. The van der Waals surface area contributed by atoms with Gasteiger partial charge in [-0.05, 0) is 49.2 Å². The number of aryl methyl sites for hydroxylation is 1. The zero-order valence-electron chi connectivity index (χ0n) is 13.6. The van der Waals surface area contributed by atoms with E-state index < -0.39 is 0 Å². The topological polar surface area (TPSA) is 47.1 Å². The van der Waals surface area contributed by atoms with Gasteiger partial charge >= 0.3 is 0 Å². The van der Waals surface area contributed by atoms with Crippen LogP contribution in [-0.2, 0) is 6.61 Å². The molecule has 1 heterocycles. The standard InChI is InChI=1S/C19H20N2O2/c1-4-5-14-7-9-17(18(11-14)22-3)23-12-19-20-15-8-6-13(2)10-16(15)21-19/h4-11H,12H2,1-3H3,(H,20,21). The number of methoxy groups -OCH3 is 1. The normalized spacial score (nSPS) is 11.3. The molecule has 3 aromatic rings. The van der Waals surface area contributed by atoms with Crippen molar-refractivity contribution in [2.45, 2.75) is 20.5 Å². The lowest BCUT2D eigenvalue weighted by Gasteiger charge is -2.10. The van der Waals surface area contributed by atoms with Gasteiger partial charge in [-0.1, -0.05) is 24.3 Å². The number of aromatic nitrogens is 2. The first-order valence-corrected chi connectivity index (χ1v) is 7.58. The summed E-state index contributed by atoms with van der Waals surface area (Å²) in [5, 5.41) is 0. The third-order valence-electron chi connectivity index (χ3n) is 3.60. The lowest BCUT2D eigenvalue weighted by Crippen LogP contribution is -1.99. The van der Waals surface area contributed by atoms with E-state index >= 15 is 0 Å². The van der Waals surface area contributed by atoms with Crippen molar-refractivity contribution in [1.29, 1.82) is 0 Å². The molecule has 0 saturated carbocycles. The number of aromatic amines is 1. The number of nitrogens with one attached hydrogen (secondary N) is 1. The Morgan fingerprint density at radius 2 is 2.00 bits per heavy atom. The SMILES string of the molecule is CC=Cc1ccc(OCc2nc3ccc(C)cc3[nH]2)c(OC)c1. The van der Waals surface area contributed by atoms with E-state index in [1.165, 1.54) is 5.56 Å². The first kappa shape index (κ1) is 15.2. The van der Waals surface area contributed by atoms with E-state index in [9.17, 15) is 0 Å². The molecule has 0 aliphatic carbocycles. The molecule has 0 aliphatic rings. The Kier molecular flexibility index (Phi) is 4.33. The highest BCUT2D eigenvalue weighted by molar-refractivity contribution is 5.75. The maximum absolute atomic E-state index is 5.86. The van der Waals surface area contributed by atoms with Crippen molar-refractivity contribution in [3.05, 3.63) is 59.4 Å². The molecule has 0 saturated heterocycles. The molecule has 0 fully saturated rings. The van der Waals surface area contributed by atoms with Crippen LogP contribution in [0.15, 0.2) is 42.5 Å². The number of fused-ring (bicyclic) bond motifs is 1. The fourth-order valence-electron chi connectivity index (χ4n) is 2.49. The highest BCUT2D eigenvalue weighted by Gasteiger charge is 2.08. The van der Waals surface area contributed by atoms with Crippen molar-refractivity contribution in [2.75, 3.05) is 7.11 Å². The Bertz CT molecular complexity index is 850. The number of imidazole rings is 1. The van der Waals surface area contributed by atoms with E-state index in [1.54, 1.807) is 7.11 Å². The van der Waals surface area contributed by atoms with E-state index in [-0.39, 0.29) is 0 Å². The summed E-state index contributed by atoms with van der Waals surface area (Å²) >= 11 is 0. The summed E-state index contributed by atoms with van der Waals surface area (Å²) in [6, 6.07) is 12.0. The van der Waals surface area contributed by atoms with Crippen LogP contribution in [0.25, 0.3) is 17.1 Å². The van der Waals surface area contributed by atoms with Gasteiger partial charge in [0.05, 0.1) is 18.1 Å². The molecule has 0 atom stereocenters. The number of benzene rings is 2. The molecule has 0 spiro atoms. The molecule has 0 unspecified atom stereocenters. The highest BCUT2D eigenvalue weighted by Crippen LogP contribution is 2.29. The lowest BCUT2D eigenvalue weighted by molar-refractivity contribution is 0.277. The molecule has 1 N–H and O–H groups in total. The smallest absolute Gasteiger partial charge is 0.161 e. The first-order valence-electron chi connectivity index (χ1n) is 7.58. The van der Waals surface area contributed by atoms with Gasteiger partial charge in [0.2, 0.25) is 0 Å². The molecule has 3 rings (SSSR count). The average molecular weight is 308 g/mol. The third-order valence-corrected chi connectivity index (χ3v) is 3.60. The summed E-state index contributed by atoms with van der Waals surface area (Å²) in [6.45, 7) is 4.42. The van der Waals surface area contributed by atoms with Crippen LogP contribution in [0.4, 0.5) is 0 Å². The van der Waals surface area contributed by atoms with Gasteiger partial charge in [0.25, 0.3) is 0 Å². The maximum atomic E-state index is 5.86. The fraction of sp³-hybridized carbons (Fsp3) is 0.211. The number of hydrogen-bond donors (Lipinski definition) is 1. The second-order valence-corrected chi connectivity index (χ2v) is 5.40. The molecule has 0 radical (unpaired) electrons. The Morgan fingerprint density at radius 1 is 1.13 bits per heavy atom. The van der Waals surface area contributed by atoms with Crippen LogP contribution in [-0.4, -0.2) is 17.1 Å². The molecule has 4 nitrogen and oxygen atoms in total. The maximum Gasteiger partial charge on any atom is 0.161 e. The van der Waals surface area contributed by atoms with Crippen LogP contribution in [0, 0.1) is 6.92 Å². The van der Waals surface area contributed by atoms with Crippen LogP contribution in [0.3, 0.4) is 0 Å².